The zero-order valence-corrected chi connectivity index (χ0v) is 12.7. The number of halogens is 3. The minimum Gasteiger partial charge on any atom is -0.353 e. The molecule has 1 heterocycles. The molecule has 21 heavy (non-hydrogen) atoms. The van der Waals surface area contributed by atoms with Crippen LogP contribution in [0.3, 0.4) is 0 Å². The van der Waals surface area contributed by atoms with Gasteiger partial charge in [-0.2, -0.15) is 13.2 Å². The normalized spacial score (nSPS) is 20.8. The highest BCUT2D eigenvalue weighted by atomic mass is 32.2. The van der Waals surface area contributed by atoms with Crippen LogP contribution in [-0.2, 0) is 14.6 Å². The van der Waals surface area contributed by atoms with Crippen molar-refractivity contribution in [2.24, 2.45) is 0 Å². The summed E-state index contributed by atoms with van der Waals surface area (Å²) in [6.07, 6.45) is -3.62. The molecule has 6 nitrogen and oxygen atoms in total. The van der Waals surface area contributed by atoms with Crippen LogP contribution in [-0.4, -0.2) is 75.7 Å². The largest absolute Gasteiger partial charge is 0.405 e. The van der Waals surface area contributed by atoms with E-state index in [9.17, 15) is 26.4 Å². The van der Waals surface area contributed by atoms with Crippen LogP contribution >= 0.6 is 0 Å². The van der Waals surface area contributed by atoms with E-state index in [0.29, 0.717) is 13.1 Å². The first-order valence-electron chi connectivity index (χ1n) is 6.51. The third-order valence-electron chi connectivity index (χ3n) is 3.45. The zero-order chi connectivity index (χ0) is 16.3. The van der Waals surface area contributed by atoms with E-state index in [2.05, 4.69) is 10.6 Å². The summed E-state index contributed by atoms with van der Waals surface area (Å²) in [4.78, 5) is 12.9. The minimum atomic E-state index is -4.49. The van der Waals surface area contributed by atoms with Crippen LogP contribution in [0.1, 0.15) is 6.92 Å². The van der Waals surface area contributed by atoms with E-state index in [-0.39, 0.29) is 13.1 Å². The predicted octanol–water partition coefficient (Wildman–Crippen LogP) is -0.628. The molecule has 124 valence electrons. The molecule has 0 aromatic carbocycles. The molecule has 0 bridgehead atoms. The van der Waals surface area contributed by atoms with Gasteiger partial charge in [0.1, 0.15) is 11.3 Å². The number of carbonyl (C=O) groups excluding carboxylic acids is 1. The van der Waals surface area contributed by atoms with Gasteiger partial charge in [-0.15, -0.1) is 0 Å². The summed E-state index contributed by atoms with van der Waals surface area (Å²) in [5.74, 6) is -0.915. The molecule has 1 amide bonds. The lowest BCUT2D eigenvalue weighted by Crippen LogP contribution is -2.58. The number of rotatable bonds is 5. The second kappa shape index (κ2) is 6.93. The van der Waals surface area contributed by atoms with Gasteiger partial charge < -0.3 is 10.6 Å². The molecule has 0 aliphatic carbocycles. The summed E-state index contributed by atoms with van der Waals surface area (Å²) in [7, 11) is -3.63. The number of amides is 1. The van der Waals surface area contributed by atoms with Gasteiger partial charge in [0.05, 0.1) is 0 Å². The number of nitrogens with zero attached hydrogens (tertiary/aromatic N) is 1. The SMILES string of the molecule is CC(C(=O)NCC(N1CCNCC1)C(F)(F)F)S(C)(=O)=O. The lowest BCUT2D eigenvalue weighted by atomic mass is 10.2. The van der Waals surface area contributed by atoms with Crippen LogP contribution in [0.5, 0.6) is 0 Å². The van der Waals surface area contributed by atoms with E-state index in [0.717, 1.165) is 13.2 Å². The Hall–Kier alpha value is -0.870. The van der Waals surface area contributed by atoms with Crippen LogP contribution in [0.25, 0.3) is 0 Å². The number of hydrogen-bond acceptors (Lipinski definition) is 5. The van der Waals surface area contributed by atoms with Crippen molar-refractivity contribution < 1.29 is 26.4 Å². The fraction of sp³-hybridized carbons (Fsp3) is 0.909. The molecule has 1 saturated heterocycles. The van der Waals surface area contributed by atoms with Crippen LogP contribution in [0.2, 0.25) is 0 Å². The smallest absolute Gasteiger partial charge is 0.353 e. The number of piperazine rings is 1. The summed E-state index contributed by atoms with van der Waals surface area (Å²) >= 11 is 0. The topological polar surface area (TPSA) is 78.5 Å². The Labute approximate surface area is 122 Å². The maximum Gasteiger partial charge on any atom is 0.405 e. The first-order chi connectivity index (χ1) is 9.53. The average Bonchev–Trinajstić information content (AvgIpc) is 2.36. The summed E-state index contributed by atoms with van der Waals surface area (Å²) in [6, 6.07) is -1.81. The number of sulfone groups is 1. The minimum absolute atomic E-state index is 0.224. The summed E-state index contributed by atoms with van der Waals surface area (Å²) < 4.78 is 61.6. The predicted molar refractivity (Wildman–Crippen MR) is 71.6 cm³/mol. The van der Waals surface area contributed by atoms with Crippen molar-refractivity contribution >= 4 is 15.7 Å². The van der Waals surface area contributed by atoms with Gasteiger partial charge in [-0.05, 0) is 6.92 Å². The fourth-order valence-corrected chi connectivity index (χ4v) is 2.45. The van der Waals surface area contributed by atoms with Gasteiger partial charge in [-0.25, -0.2) is 8.42 Å². The molecule has 1 aliphatic heterocycles. The molecule has 0 radical (unpaired) electrons. The highest BCUT2D eigenvalue weighted by molar-refractivity contribution is 7.92. The quantitative estimate of drug-likeness (QED) is 0.701. The summed E-state index contributed by atoms with van der Waals surface area (Å²) in [5.41, 5.74) is 0. The highest BCUT2D eigenvalue weighted by Crippen LogP contribution is 2.24. The molecular weight excluding hydrogens is 311 g/mol. The van der Waals surface area contributed by atoms with Crippen molar-refractivity contribution in [2.45, 2.75) is 24.4 Å². The molecule has 1 aliphatic rings. The maximum absolute atomic E-state index is 13.1. The van der Waals surface area contributed by atoms with E-state index < -0.39 is 39.8 Å². The Morgan fingerprint density at radius 2 is 1.86 bits per heavy atom. The van der Waals surface area contributed by atoms with Gasteiger partial charge >= 0.3 is 6.18 Å². The van der Waals surface area contributed by atoms with Crippen molar-refractivity contribution in [3.8, 4) is 0 Å². The van der Waals surface area contributed by atoms with Gasteiger partial charge in [0.25, 0.3) is 0 Å². The fourth-order valence-electron chi connectivity index (χ4n) is 1.98. The van der Waals surface area contributed by atoms with E-state index >= 15 is 0 Å². The average molecular weight is 331 g/mol. The van der Waals surface area contributed by atoms with Crippen molar-refractivity contribution in [3.63, 3.8) is 0 Å². The van der Waals surface area contributed by atoms with Crippen LogP contribution < -0.4 is 10.6 Å². The molecule has 2 atom stereocenters. The van der Waals surface area contributed by atoms with E-state index in [1.165, 1.54) is 4.90 Å². The molecule has 0 aromatic rings. The van der Waals surface area contributed by atoms with E-state index in [1.54, 1.807) is 0 Å². The molecule has 1 fully saturated rings. The Balaban J connectivity index is 2.68. The third-order valence-corrected chi connectivity index (χ3v) is 4.95. The summed E-state index contributed by atoms with van der Waals surface area (Å²) in [6.45, 7) is 1.84. The molecule has 0 aromatic heterocycles. The van der Waals surface area contributed by atoms with Crippen LogP contribution in [0.15, 0.2) is 0 Å². The molecule has 0 saturated carbocycles. The number of alkyl halides is 3. The second-order valence-corrected chi connectivity index (χ2v) is 7.43. The van der Waals surface area contributed by atoms with Crippen LogP contribution in [0.4, 0.5) is 13.2 Å². The maximum atomic E-state index is 13.1. The zero-order valence-electron chi connectivity index (χ0n) is 11.9. The standard InChI is InChI=1S/C11H20F3N3O3S/c1-8(21(2,19)20)10(18)16-7-9(11(12,13)14)17-5-3-15-4-6-17/h8-9,15H,3-7H2,1-2H3,(H,16,18). The van der Waals surface area contributed by atoms with Crippen molar-refractivity contribution in [1.29, 1.82) is 0 Å². The molecular formula is C11H20F3N3O3S. The number of hydrogen-bond donors (Lipinski definition) is 2. The van der Waals surface area contributed by atoms with Crippen molar-refractivity contribution in [1.82, 2.24) is 15.5 Å². The third kappa shape index (κ3) is 5.44. The van der Waals surface area contributed by atoms with Gasteiger partial charge in [0.2, 0.25) is 5.91 Å². The van der Waals surface area contributed by atoms with Crippen molar-refractivity contribution in [2.75, 3.05) is 39.0 Å². The Bertz CT molecular complexity index is 461. The molecule has 10 heteroatoms. The molecule has 0 spiro atoms. The number of carbonyl (C=O) groups is 1. The monoisotopic (exact) mass is 331 g/mol. The second-order valence-electron chi connectivity index (χ2n) is 5.06. The Kier molecular flexibility index (Phi) is 6.00. The van der Waals surface area contributed by atoms with Gasteiger partial charge in [0.15, 0.2) is 9.84 Å². The molecule has 1 rings (SSSR count). The first-order valence-corrected chi connectivity index (χ1v) is 8.47. The lowest BCUT2D eigenvalue weighted by Gasteiger charge is -2.36. The van der Waals surface area contributed by atoms with Crippen molar-refractivity contribution in [3.05, 3.63) is 0 Å². The van der Waals surface area contributed by atoms with Gasteiger partial charge in [-0.1, -0.05) is 0 Å². The molecule has 2 N–H and O–H groups in total. The van der Waals surface area contributed by atoms with Crippen LogP contribution in [0, 0.1) is 0 Å². The van der Waals surface area contributed by atoms with Gasteiger partial charge in [0, 0.05) is 39.0 Å². The Morgan fingerprint density at radius 3 is 2.29 bits per heavy atom. The first kappa shape index (κ1) is 18.2. The lowest BCUT2D eigenvalue weighted by molar-refractivity contribution is -0.184. The Morgan fingerprint density at radius 1 is 1.33 bits per heavy atom. The van der Waals surface area contributed by atoms with Gasteiger partial charge in [-0.3, -0.25) is 9.69 Å². The summed E-state index contributed by atoms with van der Waals surface area (Å²) in [5, 5.41) is 3.67. The van der Waals surface area contributed by atoms with E-state index in [4.69, 9.17) is 0 Å². The highest BCUT2D eigenvalue weighted by Gasteiger charge is 2.44. The molecule has 2 unspecified atom stereocenters. The van der Waals surface area contributed by atoms with E-state index in [1.807, 2.05) is 0 Å². The number of nitrogens with one attached hydrogen (secondary N) is 2.